The van der Waals surface area contributed by atoms with Gasteiger partial charge in [0.15, 0.2) is 17.3 Å². The first-order valence-corrected chi connectivity index (χ1v) is 44.1. The average molecular weight is 1910 g/mol. The molecule has 5 saturated heterocycles. The number of carbonyl (C=O) groups is 12. The van der Waals surface area contributed by atoms with Crippen LogP contribution in [0.3, 0.4) is 0 Å². The molecule has 6 aliphatic rings. The summed E-state index contributed by atoms with van der Waals surface area (Å²) in [5.74, 6) is -2.49. The van der Waals surface area contributed by atoms with Gasteiger partial charge in [0.2, 0.25) is 29.5 Å². The molecule has 0 aliphatic carbocycles. The zero-order valence-electron chi connectivity index (χ0n) is 72.2. The fourth-order valence-corrected chi connectivity index (χ4v) is 19.1. The minimum atomic E-state index is -4.45. The lowest BCUT2D eigenvalue weighted by Crippen LogP contribution is -2.61. The molecule has 129 heavy (non-hydrogen) atoms. The summed E-state index contributed by atoms with van der Waals surface area (Å²) in [5, 5.41) is 12.8. The Morgan fingerprint density at radius 1 is 0.566 bits per heavy atom. The molecule has 11 heterocycles. The number of likely N-dealkylation sites (tertiary alicyclic amines) is 4. The van der Waals surface area contributed by atoms with Crippen LogP contribution in [0.2, 0.25) is 5.02 Å². The molecular formula is C96H98Br2ClF4N13O13. The third-order valence-electron chi connectivity index (χ3n) is 24.9. The van der Waals surface area contributed by atoms with Crippen molar-refractivity contribution in [3.8, 4) is 0 Å². The molecule has 2 unspecified atom stereocenters. The van der Waals surface area contributed by atoms with E-state index in [2.05, 4.69) is 63.2 Å². The van der Waals surface area contributed by atoms with Gasteiger partial charge in [-0.2, -0.15) is 13.2 Å². The Kier molecular flexibility index (Phi) is 29.0. The monoisotopic (exact) mass is 1910 g/mol. The maximum Gasteiger partial charge on any atom is 0.417 e. The molecule has 7 amide bonds. The second-order valence-corrected chi connectivity index (χ2v) is 35.9. The summed E-state index contributed by atoms with van der Waals surface area (Å²) in [6.45, 7) is 30.2. The highest BCUT2D eigenvalue weighted by molar-refractivity contribution is 9.10. The van der Waals surface area contributed by atoms with Crippen molar-refractivity contribution >= 4 is 163 Å². The fraction of sp³-hybridized carbons (Fsp3) is 0.344. The number of nitrogens with zero attached hydrogens (tertiary/aromatic N) is 13. The first-order chi connectivity index (χ1) is 61.3. The number of para-hydroxylation sites is 1. The van der Waals surface area contributed by atoms with Crippen LogP contribution in [0, 0.1) is 44.3 Å². The number of Topliss-reactive ketones (excluding diaryl/α,β-unsaturated/α-hetero) is 4. The molecule has 2 atom stereocenters. The topological polar surface area (TPSA) is 284 Å². The number of likely N-dealkylation sites (N-methyl/N-ethyl adjacent to an activating group) is 1. The second kappa shape index (κ2) is 39.7. The van der Waals surface area contributed by atoms with Gasteiger partial charge in [0.05, 0.1) is 59.5 Å². The summed E-state index contributed by atoms with van der Waals surface area (Å²) in [6.07, 6.45) is 6.62. The van der Waals surface area contributed by atoms with E-state index in [1.54, 1.807) is 77.4 Å². The highest BCUT2D eigenvalue weighted by atomic mass is 79.9. The maximum atomic E-state index is 14.3. The van der Waals surface area contributed by atoms with Crippen molar-refractivity contribution in [3.05, 3.63) is 249 Å². The largest absolute Gasteiger partial charge is 0.475 e. The van der Waals surface area contributed by atoms with E-state index < -0.39 is 23.5 Å². The molecule has 674 valence electrons. The lowest BCUT2D eigenvalue weighted by molar-refractivity contribution is -0.142. The van der Waals surface area contributed by atoms with Gasteiger partial charge in [0, 0.05) is 205 Å². The van der Waals surface area contributed by atoms with Gasteiger partial charge in [-0.15, -0.1) is 0 Å². The smallest absolute Gasteiger partial charge is 0.417 e. The van der Waals surface area contributed by atoms with Crippen LogP contribution in [0.1, 0.15) is 104 Å². The molecule has 5 aromatic carbocycles. The summed E-state index contributed by atoms with van der Waals surface area (Å²) in [6, 6.07) is 30.8. The number of carboxylic acid groups (broad SMARTS) is 1. The van der Waals surface area contributed by atoms with Gasteiger partial charge >= 0.3 is 12.1 Å². The van der Waals surface area contributed by atoms with Crippen molar-refractivity contribution in [2.24, 2.45) is 17.8 Å². The number of aliphatic carboxylic acids is 1. The number of anilines is 1. The molecule has 1 N–H and O–H groups in total. The van der Waals surface area contributed by atoms with E-state index in [-0.39, 0.29) is 126 Å². The molecule has 0 bridgehead atoms. The molecule has 26 nitrogen and oxygen atoms in total. The van der Waals surface area contributed by atoms with Crippen molar-refractivity contribution in [2.45, 2.75) is 111 Å². The Balaban J connectivity index is 0.000000151. The lowest BCUT2D eigenvalue weighted by Gasteiger charge is -2.43. The van der Waals surface area contributed by atoms with Crippen molar-refractivity contribution < 1.29 is 80.2 Å². The Hall–Kier alpha value is -12.4. The summed E-state index contributed by atoms with van der Waals surface area (Å²) in [7, 11) is 1.72. The van der Waals surface area contributed by atoms with Gasteiger partial charge in [-0.1, -0.05) is 100 Å². The van der Waals surface area contributed by atoms with Gasteiger partial charge in [0.25, 0.3) is 17.6 Å². The van der Waals surface area contributed by atoms with Gasteiger partial charge < -0.3 is 62.6 Å². The third kappa shape index (κ3) is 20.7. The number of piperazine rings is 1. The molecule has 16 rings (SSSR count). The minimum Gasteiger partial charge on any atom is -0.475 e. The molecular weight excluding hydrogens is 1810 g/mol. The normalized spacial score (nSPS) is 16.4. The second-order valence-electron chi connectivity index (χ2n) is 33.6. The molecule has 33 heteroatoms. The van der Waals surface area contributed by atoms with E-state index in [4.69, 9.17) is 16.7 Å². The minimum absolute atomic E-state index is 0.0317. The predicted octanol–water partition coefficient (Wildman–Crippen LogP) is 14.3. The fourth-order valence-electron chi connectivity index (χ4n) is 18.0. The summed E-state index contributed by atoms with van der Waals surface area (Å²) < 4.78 is 61.7. The summed E-state index contributed by atoms with van der Waals surface area (Å²) >= 11 is 13.1. The van der Waals surface area contributed by atoms with Crippen LogP contribution in [-0.4, -0.2) is 231 Å². The number of halogens is 7. The molecule has 0 saturated carbocycles. The first-order valence-electron chi connectivity index (χ1n) is 42.2. The number of hydrogen-bond acceptors (Lipinski definition) is 14. The maximum absolute atomic E-state index is 14.3. The number of aryl methyl sites for hydroxylation is 1. The zero-order valence-corrected chi connectivity index (χ0v) is 76.1. The first kappa shape index (κ1) is 94.2. The lowest BCUT2D eigenvalue weighted by atomic mass is 9.88. The Labute approximate surface area is 763 Å². The van der Waals surface area contributed by atoms with Gasteiger partial charge in [0.1, 0.15) is 18.2 Å². The van der Waals surface area contributed by atoms with E-state index in [9.17, 15) is 75.1 Å². The summed E-state index contributed by atoms with van der Waals surface area (Å²) in [4.78, 5) is 166. The highest BCUT2D eigenvalue weighted by Crippen LogP contribution is 2.41. The van der Waals surface area contributed by atoms with Crippen LogP contribution >= 0.6 is 43.5 Å². The molecule has 5 aromatic heterocycles. The number of aromatic nitrogens is 5. The zero-order chi connectivity index (χ0) is 93.0. The van der Waals surface area contributed by atoms with Crippen LogP contribution < -0.4 is 4.90 Å². The molecule has 10 aromatic rings. The van der Waals surface area contributed by atoms with Crippen LogP contribution in [0.15, 0.2) is 187 Å². The number of ketones is 4. The molecule has 0 radical (unpaired) electrons. The molecule has 0 spiro atoms. The number of carbonyl (C=O) groups excluding carboxylic acids is 11. The third-order valence-corrected chi connectivity index (χ3v) is 26.1. The van der Waals surface area contributed by atoms with E-state index in [1.165, 1.54) is 42.6 Å². The van der Waals surface area contributed by atoms with Gasteiger partial charge in [-0.3, -0.25) is 52.7 Å². The number of alkyl halides is 3. The van der Waals surface area contributed by atoms with Crippen molar-refractivity contribution in [2.75, 3.05) is 90.5 Å². The van der Waals surface area contributed by atoms with E-state index in [0.29, 0.717) is 149 Å². The van der Waals surface area contributed by atoms with E-state index in [0.717, 1.165) is 76.3 Å². The number of amides is 7. The van der Waals surface area contributed by atoms with Gasteiger partial charge in [-0.05, 0) is 166 Å². The average Bonchev–Trinajstić information content (AvgIpc) is 1.60. The van der Waals surface area contributed by atoms with Crippen molar-refractivity contribution in [1.82, 2.24) is 57.6 Å². The Morgan fingerprint density at radius 3 is 1.68 bits per heavy atom. The van der Waals surface area contributed by atoms with Crippen LogP contribution in [0.4, 0.5) is 23.4 Å². The SMILES string of the molecule is C=CC(=O)N1CC(CC(=O)Cn2c(C)c(C(=O)N3C(C)Cc4cc(F)ccc4C3C)c3cc(Br)cc(C)c32)C1.C=CC(=O)N1CC(CC(=O)Cn2cc(C(=O)C(=O)O)c3ccccc32)C1.C=CC(=O)N1CC(CC(=O)Cn2ccc3ccc(Cl)cc32)C1.C=CC(=O)N1CC(N(C)C(=O)Cn2c(C)c(C(=O)N3CCN(c4ccc(C(F)(F)F)cn4)CC3)c3cc(Br)ccc32)C1. The number of hydrogen-bond donors (Lipinski definition) is 1. The van der Waals surface area contributed by atoms with E-state index in [1.807, 2.05) is 119 Å². The Morgan fingerprint density at radius 2 is 1.12 bits per heavy atom. The number of pyridine rings is 1. The highest BCUT2D eigenvalue weighted by Gasteiger charge is 2.41. The number of rotatable bonds is 24. The predicted molar refractivity (Wildman–Crippen MR) is 489 cm³/mol. The van der Waals surface area contributed by atoms with Crippen LogP contribution in [0.25, 0.3) is 43.6 Å². The van der Waals surface area contributed by atoms with Crippen molar-refractivity contribution in [1.29, 1.82) is 0 Å². The number of benzene rings is 5. The standard InChI is InChI=1S/C31H33BrFN3O3.C29H30BrF3N6O3.C19H18N2O5.C17H17ClN2O2/c1-6-28(38)34-14-21(15-34)11-25(37)16-35-20(5)29(27-13-23(32)9-17(2)30(27)35)31(39)36-18(3)10-22-12-24(33)7-8-26(22)19(36)4;1-4-25(40)38-15-21(16-38)35(3)26(41)17-39-18(2)27(22-13-20(30)6-7-23(22)39)28(42)37-11-9-36(10-12-37)24-8-5-19(14-34-24)29(31,32)33;1-2-17(23)21-8-12(9-21)7-13(22)10-20-11-15(18(24)19(25)26)14-5-3-4-6-16(14)20;1-2-17(22)20-9-12(10-20)7-15(21)11-19-6-5-13-3-4-14(18)8-16(13)19/h6-9,12-13,18-19,21H,1,10-11,14-16H2,2-5H3;4-8,13-14,21H,1,9-12,15-17H2,2-3H3;2-6,11-12H,1,7-10H2,(H,25,26);2-6,8,12H,1,7,9-11H2. The van der Waals surface area contributed by atoms with Crippen LogP contribution in [0.5, 0.6) is 0 Å². The van der Waals surface area contributed by atoms with Gasteiger partial charge in [-0.25, -0.2) is 14.2 Å². The van der Waals surface area contributed by atoms with Crippen molar-refractivity contribution in [3.63, 3.8) is 0 Å². The Bertz CT molecular complexity index is 6180. The molecule has 5 fully saturated rings. The molecule has 6 aliphatic heterocycles. The van der Waals surface area contributed by atoms with E-state index >= 15 is 0 Å². The quantitative estimate of drug-likeness (QED) is 0.0255. The number of carboxylic acids is 1. The number of fused-ring (bicyclic) bond motifs is 5. The van der Waals surface area contributed by atoms with Crippen LogP contribution in [-0.2, 0) is 81.9 Å². The summed E-state index contributed by atoms with van der Waals surface area (Å²) in [5.41, 5.74) is 7.91.